The number of hydrogen-bond donors (Lipinski definition) is 1. The average molecular weight is 140 g/mol. The molecule has 2 rings (SSSR count). The summed E-state index contributed by atoms with van der Waals surface area (Å²) in [5.41, 5.74) is 2.78. The van der Waals surface area contributed by atoms with Crippen molar-refractivity contribution in [3.05, 3.63) is 24.8 Å². The Morgan fingerprint density at radius 1 is 1.50 bits per heavy atom. The first-order valence-corrected chi connectivity index (χ1v) is 3.09. The molecule has 0 aromatic rings. The zero-order valence-corrected chi connectivity index (χ0v) is 5.36. The summed E-state index contributed by atoms with van der Waals surface area (Å²) in [5.74, 6) is 0. The van der Waals surface area contributed by atoms with Crippen LogP contribution in [-0.4, -0.2) is 17.8 Å². The Labute approximate surface area is 58.7 Å². The van der Waals surface area contributed by atoms with Crippen LogP contribution in [-0.2, 0) is 9.57 Å². The van der Waals surface area contributed by atoms with Crippen LogP contribution < -0.4 is 5.48 Å². The second-order valence-electron chi connectivity index (χ2n) is 2.10. The molecule has 0 amide bonds. The summed E-state index contributed by atoms with van der Waals surface area (Å²) < 4.78 is 4.99. The lowest BCUT2D eigenvalue weighted by Gasteiger charge is -2.18. The topological polar surface area (TPSA) is 33.7 Å². The second-order valence-corrected chi connectivity index (χ2v) is 2.10. The van der Waals surface area contributed by atoms with E-state index in [2.05, 4.69) is 5.48 Å². The van der Waals surface area contributed by atoms with Crippen molar-refractivity contribution in [3.63, 3.8) is 0 Å². The van der Waals surface area contributed by atoms with Crippen LogP contribution >= 0.6 is 0 Å². The zero-order valence-electron chi connectivity index (χ0n) is 5.36. The highest BCUT2D eigenvalue weighted by molar-refractivity contribution is 4.96. The van der Waals surface area contributed by atoms with Gasteiger partial charge in [0.2, 0.25) is 0 Å². The van der Waals surface area contributed by atoms with Gasteiger partial charge in [-0.2, -0.15) is 0 Å². The molecule has 0 aromatic carbocycles. The predicted molar refractivity (Wildman–Crippen MR) is 34.1 cm³/mol. The third-order valence-electron chi connectivity index (χ3n) is 1.45. The van der Waals surface area contributed by atoms with Gasteiger partial charge in [0.05, 0.1) is 0 Å². The van der Waals surface area contributed by atoms with Gasteiger partial charge in [0, 0.05) is 6.20 Å². The lowest BCUT2D eigenvalue weighted by molar-refractivity contribution is 0.0626. The van der Waals surface area contributed by atoms with Crippen LogP contribution in [0.3, 0.4) is 0 Å². The normalized spacial score (nSPS) is 28.8. The zero-order chi connectivity index (χ0) is 6.81. The van der Waals surface area contributed by atoms with Crippen molar-refractivity contribution in [3.8, 4) is 0 Å². The van der Waals surface area contributed by atoms with Crippen LogP contribution in [0.5, 0.6) is 0 Å². The molecule has 1 atom stereocenters. The first-order chi connectivity index (χ1) is 4.97. The Balaban J connectivity index is 1.98. The molecule has 2 heterocycles. The fourth-order valence-electron chi connectivity index (χ4n) is 0.907. The highest BCUT2D eigenvalue weighted by atomic mass is 16.6. The number of nitrogens with one attached hydrogen (secondary N) is 1. The van der Waals surface area contributed by atoms with Gasteiger partial charge in [-0.3, -0.25) is 0 Å². The average Bonchev–Trinajstić information content (AvgIpc) is 2.59. The Kier molecular flexibility index (Phi) is 1.25. The van der Waals surface area contributed by atoms with Gasteiger partial charge in [0.15, 0.2) is 6.73 Å². The number of nitrogens with zero attached hydrogens (tertiary/aromatic N) is 1. The summed E-state index contributed by atoms with van der Waals surface area (Å²) in [6.45, 7) is 0.589. The van der Waals surface area contributed by atoms with Crippen LogP contribution in [0.25, 0.3) is 0 Å². The molecule has 4 nitrogen and oxygen atoms in total. The molecule has 0 radical (unpaired) electrons. The molecule has 1 N–H and O–H groups in total. The van der Waals surface area contributed by atoms with Gasteiger partial charge < -0.3 is 14.5 Å². The largest absolute Gasteiger partial charge is 0.479 e. The summed E-state index contributed by atoms with van der Waals surface area (Å²) in [7, 11) is 0. The van der Waals surface area contributed by atoms with Crippen molar-refractivity contribution < 1.29 is 9.57 Å². The minimum atomic E-state index is 0.124. The summed E-state index contributed by atoms with van der Waals surface area (Å²) in [6, 6.07) is 0. The van der Waals surface area contributed by atoms with Crippen molar-refractivity contribution in [2.45, 2.75) is 6.17 Å². The van der Waals surface area contributed by atoms with E-state index < -0.39 is 0 Å². The number of hydroxylamine groups is 1. The van der Waals surface area contributed by atoms with E-state index in [1.54, 1.807) is 12.5 Å². The molecule has 1 unspecified atom stereocenters. The molecule has 54 valence electrons. The van der Waals surface area contributed by atoms with Crippen LogP contribution in [0, 0.1) is 0 Å². The standard InChI is InChI=1S/C6H8N2O2/c1-3-10-7-6(1)8-2-4-9-5-8/h1-4,6-7H,5H2. The summed E-state index contributed by atoms with van der Waals surface area (Å²) in [6.07, 6.45) is 7.19. The summed E-state index contributed by atoms with van der Waals surface area (Å²) >= 11 is 0. The molecule has 2 aliphatic rings. The lowest BCUT2D eigenvalue weighted by atomic mass is 10.4. The third kappa shape index (κ3) is 0.823. The van der Waals surface area contributed by atoms with Gasteiger partial charge in [-0.15, -0.1) is 5.48 Å². The molecule has 0 saturated heterocycles. The van der Waals surface area contributed by atoms with Crippen LogP contribution in [0.15, 0.2) is 24.8 Å². The molecule has 0 fully saturated rings. The monoisotopic (exact) mass is 140 g/mol. The Bertz CT molecular complexity index is 159. The van der Waals surface area contributed by atoms with E-state index in [-0.39, 0.29) is 6.17 Å². The maximum atomic E-state index is 4.99. The van der Waals surface area contributed by atoms with Crippen molar-refractivity contribution in [1.29, 1.82) is 0 Å². The number of ether oxygens (including phenoxy) is 1. The second kappa shape index (κ2) is 2.22. The van der Waals surface area contributed by atoms with E-state index >= 15 is 0 Å². The fraction of sp³-hybridized carbons (Fsp3) is 0.333. The third-order valence-corrected chi connectivity index (χ3v) is 1.45. The van der Waals surface area contributed by atoms with Gasteiger partial charge in [0.25, 0.3) is 0 Å². The van der Waals surface area contributed by atoms with E-state index in [4.69, 9.17) is 9.57 Å². The molecular weight excluding hydrogens is 132 g/mol. The summed E-state index contributed by atoms with van der Waals surface area (Å²) in [5, 5.41) is 0. The molecule has 10 heavy (non-hydrogen) atoms. The minimum absolute atomic E-state index is 0.124. The molecule has 0 saturated carbocycles. The molecule has 0 aromatic heterocycles. The highest BCUT2D eigenvalue weighted by Gasteiger charge is 2.18. The highest BCUT2D eigenvalue weighted by Crippen LogP contribution is 2.08. The molecule has 0 bridgehead atoms. The van der Waals surface area contributed by atoms with E-state index in [9.17, 15) is 0 Å². The van der Waals surface area contributed by atoms with Crippen molar-refractivity contribution in [2.24, 2.45) is 0 Å². The van der Waals surface area contributed by atoms with Gasteiger partial charge >= 0.3 is 0 Å². The quantitative estimate of drug-likeness (QED) is 0.561. The van der Waals surface area contributed by atoms with Gasteiger partial charge in [0.1, 0.15) is 18.7 Å². The molecule has 4 heteroatoms. The SMILES string of the molecule is C1=CN(C2C=CON2)CO1. The molecule has 2 aliphatic heterocycles. The van der Waals surface area contributed by atoms with Crippen molar-refractivity contribution in [1.82, 2.24) is 10.4 Å². The smallest absolute Gasteiger partial charge is 0.161 e. The van der Waals surface area contributed by atoms with E-state index in [0.29, 0.717) is 6.73 Å². The van der Waals surface area contributed by atoms with E-state index in [1.165, 1.54) is 0 Å². The van der Waals surface area contributed by atoms with Crippen LogP contribution in [0.4, 0.5) is 0 Å². The van der Waals surface area contributed by atoms with Gasteiger partial charge in [-0.05, 0) is 6.08 Å². The molecule has 0 aliphatic carbocycles. The first-order valence-electron chi connectivity index (χ1n) is 3.09. The molecule has 0 spiro atoms. The van der Waals surface area contributed by atoms with Gasteiger partial charge in [-0.25, -0.2) is 0 Å². The Morgan fingerprint density at radius 2 is 2.50 bits per heavy atom. The maximum absolute atomic E-state index is 4.99. The van der Waals surface area contributed by atoms with E-state index in [1.807, 2.05) is 17.2 Å². The molecular formula is C6H8N2O2. The van der Waals surface area contributed by atoms with E-state index in [0.717, 1.165) is 0 Å². The van der Waals surface area contributed by atoms with Crippen LogP contribution in [0.2, 0.25) is 0 Å². The Morgan fingerprint density at radius 3 is 3.10 bits per heavy atom. The van der Waals surface area contributed by atoms with Gasteiger partial charge in [-0.1, -0.05) is 0 Å². The summed E-state index contributed by atoms with van der Waals surface area (Å²) in [4.78, 5) is 6.78. The lowest BCUT2D eigenvalue weighted by Crippen LogP contribution is -2.36. The fourth-order valence-corrected chi connectivity index (χ4v) is 0.907. The Hall–Kier alpha value is -1.16. The number of hydrogen-bond acceptors (Lipinski definition) is 4. The first kappa shape index (κ1) is 5.61. The van der Waals surface area contributed by atoms with Crippen molar-refractivity contribution in [2.75, 3.05) is 6.73 Å². The maximum Gasteiger partial charge on any atom is 0.161 e. The minimum Gasteiger partial charge on any atom is -0.479 e. The number of rotatable bonds is 1. The van der Waals surface area contributed by atoms with Crippen molar-refractivity contribution >= 4 is 0 Å². The van der Waals surface area contributed by atoms with Crippen LogP contribution in [0.1, 0.15) is 0 Å². The predicted octanol–water partition coefficient (Wildman–Crippen LogP) is 0.122.